The van der Waals surface area contributed by atoms with E-state index in [0.717, 1.165) is 10.6 Å². The second-order valence-corrected chi connectivity index (χ2v) is 16.6. The van der Waals surface area contributed by atoms with Crippen LogP contribution in [0, 0.1) is 0 Å². The summed E-state index contributed by atoms with van der Waals surface area (Å²) in [6.45, 7) is 1.76. The molecule has 0 aliphatic rings. The van der Waals surface area contributed by atoms with Crippen LogP contribution in [0.4, 0.5) is 52.7 Å². The fourth-order valence-electron chi connectivity index (χ4n) is 5.78. The van der Waals surface area contributed by atoms with Gasteiger partial charge in [-0.1, -0.05) is 67.6 Å². The Morgan fingerprint density at radius 1 is 0.455 bits per heavy atom. The van der Waals surface area contributed by atoms with Gasteiger partial charge in [0.05, 0.1) is 22.3 Å². The van der Waals surface area contributed by atoms with Gasteiger partial charge in [0.1, 0.15) is 0 Å². The van der Waals surface area contributed by atoms with E-state index in [0.29, 0.717) is 29.8 Å². The van der Waals surface area contributed by atoms with E-state index in [4.69, 9.17) is 0 Å². The average Bonchev–Trinajstić information content (AvgIpc) is 3.84. The second kappa shape index (κ2) is 17.5. The normalized spacial score (nSPS) is 12.9. The number of benzene rings is 4. The Labute approximate surface area is 321 Å². The fourth-order valence-corrected chi connectivity index (χ4v) is 11.3. The van der Waals surface area contributed by atoms with E-state index in [1.54, 1.807) is 49.4 Å². The topological polar surface area (TPSA) is 0 Å². The third-order valence-corrected chi connectivity index (χ3v) is 13.4. The molecular formula is C40H28F12FeP2-6. The molecule has 0 saturated heterocycles. The summed E-state index contributed by atoms with van der Waals surface area (Å²) in [5.74, 6) is 0. The van der Waals surface area contributed by atoms with E-state index >= 15 is 0 Å². The van der Waals surface area contributed by atoms with E-state index < -0.39 is 79.1 Å². The molecule has 0 fully saturated rings. The molecule has 296 valence electrons. The van der Waals surface area contributed by atoms with Gasteiger partial charge in [0.15, 0.2) is 0 Å². The third kappa shape index (κ3) is 10.9. The molecule has 0 spiro atoms. The molecule has 0 aliphatic heterocycles. The molecular weight excluding hydrogens is 826 g/mol. The van der Waals surface area contributed by atoms with Crippen molar-refractivity contribution in [2.45, 2.75) is 37.3 Å². The summed E-state index contributed by atoms with van der Waals surface area (Å²) in [6, 6.07) is 33.5. The van der Waals surface area contributed by atoms with Crippen molar-refractivity contribution in [3.05, 3.63) is 173 Å². The maximum atomic E-state index is 14.0. The first-order valence-electron chi connectivity index (χ1n) is 16.0. The molecule has 0 heterocycles. The van der Waals surface area contributed by atoms with Gasteiger partial charge in [-0.3, -0.25) is 0 Å². The van der Waals surface area contributed by atoms with Gasteiger partial charge in [-0.15, -0.1) is 10.9 Å². The van der Waals surface area contributed by atoms with Crippen molar-refractivity contribution in [1.29, 1.82) is 0 Å². The standard InChI is InChI=1S/C35H23F12P2.C5H5.Fe/c1-21(48(26-9-4-2-5-10-26)27-11-6-3-7-12-27)30-13-8-14-31(30)49(28-17-22(32(36,37)38)15-23(18-28)33(39,40)41)29-19-24(34(42,43)44)16-25(20-29)35(45,46)47;1-2-4-5-3-1;/h2-21H,1H3;1-5H;/q-1;-5;. The molecule has 6 aromatic carbocycles. The van der Waals surface area contributed by atoms with Crippen LogP contribution in [0.25, 0.3) is 0 Å². The second-order valence-electron chi connectivity index (χ2n) is 11.9. The van der Waals surface area contributed by atoms with E-state index in [9.17, 15) is 52.7 Å². The number of rotatable bonds is 7. The molecule has 1 atom stereocenters. The Bertz CT molecular complexity index is 1900. The van der Waals surface area contributed by atoms with Gasteiger partial charge in [0.25, 0.3) is 0 Å². The van der Waals surface area contributed by atoms with Crippen LogP contribution in [0.2, 0.25) is 0 Å². The van der Waals surface area contributed by atoms with Gasteiger partial charge in [0.2, 0.25) is 0 Å². The number of hydrogen-bond donors (Lipinski definition) is 0. The first-order valence-corrected chi connectivity index (χ1v) is 18.7. The minimum Gasteiger partial charge on any atom is -0.748 e. The molecule has 0 radical (unpaired) electrons. The van der Waals surface area contributed by atoms with Crippen molar-refractivity contribution in [1.82, 2.24) is 0 Å². The molecule has 6 rings (SSSR count). The van der Waals surface area contributed by atoms with Gasteiger partial charge in [0, 0.05) is 17.1 Å². The van der Waals surface area contributed by atoms with Crippen molar-refractivity contribution >= 4 is 42.4 Å². The molecule has 0 saturated carbocycles. The Hall–Kier alpha value is -3.88. The molecule has 0 aromatic heterocycles. The minimum atomic E-state index is -5.32. The predicted octanol–water partition coefficient (Wildman–Crippen LogP) is 11.8. The van der Waals surface area contributed by atoms with E-state index in [2.05, 4.69) is 0 Å². The van der Waals surface area contributed by atoms with Crippen molar-refractivity contribution < 1.29 is 69.8 Å². The van der Waals surface area contributed by atoms with Gasteiger partial charge in [-0.25, -0.2) is 12.1 Å². The Kier molecular flexibility index (Phi) is 14.0. The van der Waals surface area contributed by atoms with Crippen LogP contribution in [0.5, 0.6) is 0 Å². The summed E-state index contributed by atoms with van der Waals surface area (Å²) in [6.07, 6.45) is -21.3. The molecule has 0 bridgehead atoms. The monoisotopic (exact) mass is 854 g/mol. The minimum absolute atomic E-state index is 0. The molecule has 0 N–H and O–H groups in total. The van der Waals surface area contributed by atoms with Crippen LogP contribution in [0.3, 0.4) is 0 Å². The zero-order valence-corrected chi connectivity index (χ0v) is 31.1. The Morgan fingerprint density at radius 2 is 0.782 bits per heavy atom. The van der Waals surface area contributed by atoms with E-state index in [1.807, 2.05) is 54.6 Å². The summed E-state index contributed by atoms with van der Waals surface area (Å²) >= 11 is 0. The molecule has 55 heavy (non-hydrogen) atoms. The zero-order chi connectivity index (χ0) is 39.5. The Balaban J connectivity index is 0.00000104. The SMILES string of the molecule is CC([c-]1cccc1P(c1cc(C(F)(F)F)cc(C(F)(F)F)c1)c1cc(C(F)(F)F)cc(C(F)(F)F)c1)P(c1ccccc1)c1ccccc1.[Fe].[cH-]1[cH-][cH-][cH-][cH-]1. The molecule has 6 aromatic rings. The van der Waals surface area contributed by atoms with Gasteiger partial charge >= 0.3 is 24.7 Å². The van der Waals surface area contributed by atoms with Gasteiger partial charge < -0.3 is 30.3 Å². The average molecular weight is 854 g/mol. The van der Waals surface area contributed by atoms with Crippen LogP contribution in [-0.4, -0.2) is 0 Å². The summed E-state index contributed by atoms with van der Waals surface area (Å²) in [4.78, 5) is 0. The van der Waals surface area contributed by atoms with Crippen molar-refractivity contribution in [3.8, 4) is 0 Å². The van der Waals surface area contributed by atoms with Crippen LogP contribution in [-0.2, 0) is 41.8 Å². The van der Waals surface area contributed by atoms with Crippen molar-refractivity contribution in [3.63, 3.8) is 0 Å². The van der Waals surface area contributed by atoms with E-state index in [1.165, 1.54) is 12.1 Å². The van der Waals surface area contributed by atoms with Crippen LogP contribution in [0.1, 0.15) is 40.4 Å². The molecule has 15 heteroatoms. The predicted molar refractivity (Wildman–Crippen MR) is 190 cm³/mol. The maximum absolute atomic E-state index is 14.0. The first kappa shape index (κ1) is 43.8. The van der Waals surface area contributed by atoms with Crippen molar-refractivity contribution in [2.75, 3.05) is 0 Å². The van der Waals surface area contributed by atoms with Crippen LogP contribution >= 0.6 is 15.8 Å². The third-order valence-electron chi connectivity index (χ3n) is 8.19. The first-order chi connectivity index (χ1) is 25.2. The molecule has 0 amide bonds. The summed E-state index contributed by atoms with van der Waals surface area (Å²) < 4.78 is 168. The Morgan fingerprint density at radius 3 is 1.09 bits per heavy atom. The van der Waals surface area contributed by atoms with Gasteiger partial charge in [-0.05, 0) is 79.1 Å². The number of alkyl halides is 12. The number of hydrogen-bond acceptors (Lipinski definition) is 0. The summed E-state index contributed by atoms with van der Waals surface area (Å²) in [7, 11) is -4.22. The van der Waals surface area contributed by atoms with E-state index in [-0.39, 0.29) is 34.5 Å². The summed E-state index contributed by atoms with van der Waals surface area (Å²) in [5.41, 5.74) is -7.17. The van der Waals surface area contributed by atoms with Gasteiger partial charge in [-0.2, -0.15) is 58.8 Å². The molecule has 0 aliphatic carbocycles. The summed E-state index contributed by atoms with van der Waals surface area (Å²) in [5, 5.41) is 0.275. The van der Waals surface area contributed by atoms with Crippen LogP contribution in [0.15, 0.2) is 146 Å². The smallest absolute Gasteiger partial charge is 0.416 e. The van der Waals surface area contributed by atoms with Crippen molar-refractivity contribution in [2.24, 2.45) is 0 Å². The molecule has 0 nitrogen and oxygen atoms in total. The largest absolute Gasteiger partial charge is 0.748 e. The maximum Gasteiger partial charge on any atom is 0.416 e. The molecule has 1 unspecified atom stereocenters. The number of halogens is 12. The van der Waals surface area contributed by atoms with Crippen LogP contribution < -0.4 is 26.5 Å². The quantitative estimate of drug-likeness (QED) is 0.0650. The zero-order valence-electron chi connectivity index (χ0n) is 28.2. The fraction of sp³-hybridized carbons (Fsp3) is 0.150.